The maximum Gasteiger partial charge on any atom is 0.316 e. The quantitative estimate of drug-likeness (QED) is 0.730. The third-order valence-corrected chi connectivity index (χ3v) is 2.28. The lowest BCUT2D eigenvalue weighted by Gasteiger charge is -2.19. The summed E-state index contributed by atoms with van der Waals surface area (Å²) in [5.74, 6) is -1.87. The van der Waals surface area contributed by atoms with Crippen molar-refractivity contribution in [3.8, 4) is 0 Å². The van der Waals surface area contributed by atoms with Gasteiger partial charge < -0.3 is 15.0 Å². The van der Waals surface area contributed by atoms with Crippen molar-refractivity contribution < 1.29 is 14.7 Å². The van der Waals surface area contributed by atoms with Gasteiger partial charge in [-0.15, -0.1) is 0 Å². The number of carbonyl (C=O) groups is 2. The topological polar surface area (TPSA) is 73.4 Å². The van der Waals surface area contributed by atoms with Gasteiger partial charge in [0.25, 0.3) is 0 Å². The molecule has 5 heteroatoms. The van der Waals surface area contributed by atoms with Crippen LogP contribution in [0.1, 0.15) is 13.3 Å². The van der Waals surface area contributed by atoms with Gasteiger partial charge in [-0.3, -0.25) is 9.59 Å². The molecule has 1 atom stereocenters. The Labute approximate surface area is 87.7 Å². The van der Waals surface area contributed by atoms with Crippen LogP contribution in [-0.2, 0) is 9.59 Å². The summed E-state index contributed by atoms with van der Waals surface area (Å²) in [6.45, 7) is 1.68. The molecule has 2 N–H and O–H groups in total. The SMILES string of the molecule is CCC(C(=O)O)C(=O)N(C)c1ccc[nH]1. The molecular formula is C10H14N2O3. The Morgan fingerprint density at radius 1 is 1.60 bits per heavy atom. The predicted octanol–water partition coefficient (Wildman–Crippen LogP) is 1.09. The van der Waals surface area contributed by atoms with E-state index in [1.165, 1.54) is 4.90 Å². The van der Waals surface area contributed by atoms with Crippen LogP contribution in [-0.4, -0.2) is 29.0 Å². The van der Waals surface area contributed by atoms with Crippen molar-refractivity contribution in [2.24, 2.45) is 5.92 Å². The molecule has 1 amide bonds. The lowest BCUT2D eigenvalue weighted by atomic mass is 10.1. The first-order valence-corrected chi connectivity index (χ1v) is 4.71. The third-order valence-electron chi connectivity index (χ3n) is 2.28. The number of anilines is 1. The largest absolute Gasteiger partial charge is 0.481 e. The van der Waals surface area contributed by atoms with Gasteiger partial charge in [-0.1, -0.05) is 6.92 Å². The van der Waals surface area contributed by atoms with Crippen molar-refractivity contribution in [1.29, 1.82) is 0 Å². The highest BCUT2D eigenvalue weighted by Crippen LogP contribution is 2.14. The molecule has 15 heavy (non-hydrogen) atoms. The number of rotatable bonds is 4. The number of hydrogen-bond acceptors (Lipinski definition) is 2. The Morgan fingerprint density at radius 2 is 2.27 bits per heavy atom. The lowest BCUT2D eigenvalue weighted by molar-refractivity contribution is -0.146. The number of aromatic nitrogens is 1. The van der Waals surface area contributed by atoms with Gasteiger partial charge in [0.2, 0.25) is 5.91 Å². The van der Waals surface area contributed by atoms with Crippen molar-refractivity contribution in [2.45, 2.75) is 13.3 Å². The van der Waals surface area contributed by atoms with E-state index in [4.69, 9.17) is 5.11 Å². The molecule has 0 saturated heterocycles. The number of amides is 1. The molecule has 1 aromatic rings. The number of carbonyl (C=O) groups excluding carboxylic acids is 1. The number of carboxylic acids is 1. The molecule has 0 aliphatic rings. The number of hydrogen-bond donors (Lipinski definition) is 2. The van der Waals surface area contributed by atoms with E-state index in [2.05, 4.69) is 4.98 Å². The van der Waals surface area contributed by atoms with Crippen molar-refractivity contribution in [3.63, 3.8) is 0 Å². The Bertz CT molecular complexity index is 346. The molecule has 1 unspecified atom stereocenters. The zero-order chi connectivity index (χ0) is 11.4. The summed E-state index contributed by atoms with van der Waals surface area (Å²) in [4.78, 5) is 26.7. The average Bonchev–Trinajstić information content (AvgIpc) is 2.69. The summed E-state index contributed by atoms with van der Waals surface area (Å²) < 4.78 is 0. The number of aromatic amines is 1. The summed E-state index contributed by atoms with van der Waals surface area (Å²) in [5, 5.41) is 8.83. The summed E-state index contributed by atoms with van der Waals surface area (Å²) in [6, 6.07) is 3.47. The Kier molecular flexibility index (Phi) is 3.49. The van der Waals surface area contributed by atoms with Gasteiger partial charge in [0, 0.05) is 13.2 Å². The van der Waals surface area contributed by atoms with Gasteiger partial charge in [0.05, 0.1) is 0 Å². The van der Waals surface area contributed by atoms with Crippen LogP contribution in [0.2, 0.25) is 0 Å². The smallest absolute Gasteiger partial charge is 0.316 e. The number of nitrogens with zero attached hydrogens (tertiary/aromatic N) is 1. The van der Waals surface area contributed by atoms with E-state index in [1.807, 2.05) is 0 Å². The summed E-state index contributed by atoms with van der Waals surface area (Å²) in [6.07, 6.45) is 1.97. The van der Waals surface area contributed by atoms with Crippen molar-refractivity contribution in [3.05, 3.63) is 18.3 Å². The first kappa shape index (κ1) is 11.3. The standard InChI is InChI=1S/C10H14N2O3/c1-3-7(10(14)15)9(13)12(2)8-5-4-6-11-8/h4-7,11H,3H2,1-2H3,(H,14,15). The Morgan fingerprint density at radius 3 is 2.67 bits per heavy atom. The molecule has 5 nitrogen and oxygen atoms in total. The highest BCUT2D eigenvalue weighted by molar-refractivity contribution is 6.04. The molecular weight excluding hydrogens is 196 g/mol. The molecule has 0 aliphatic heterocycles. The van der Waals surface area contributed by atoms with Crippen LogP contribution in [0.3, 0.4) is 0 Å². The van der Waals surface area contributed by atoms with Gasteiger partial charge in [0.1, 0.15) is 11.7 Å². The van der Waals surface area contributed by atoms with Gasteiger partial charge in [-0.05, 0) is 18.6 Å². The molecule has 0 aliphatic carbocycles. The summed E-state index contributed by atoms with van der Waals surface area (Å²) in [7, 11) is 1.56. The zero-order valence-electron chi connectivity index (χ0n) is 8.73. The first-order chi connectivity index (χ1) is 7.07. The molecule has 82 valence electrons. The van der Waals surface area contributed by atoms with E-state index in [0.717, 1.165) is 0 Å². The van der Waals surface area contributed by atoms with E-state index >= 15 is 0 Å². The van der Waals surface area contributed by atoms with Crippen molar-refractivity contribution in [1.82, 2.24) is 4.98 Å². The highest BCUT2D eigenvalue weighted by atomic mass is 16.4. The molecule has 1 rings (SSSR count). The molecule has 0 bridgehead atoms. The maximum atomic E-state index is 11.7. The number of nitrogens with one attached hydrogen (secondary N) is 1. The Hall–Kier alpha value is -1.78. The summed E-state index contributed by atoms with van der Waals surface area (Å²) >= 11 is 0. The minimum atomic E-state index is -1.08. The van der Waals surface area contributed by atoms with E-state index in [-0.39, 0.29) is 0 Å². The van der Waals surface area contributed by atoms with E-state index in [1.54, 1.807) is 32.3 Å². The zero-order valence-corrected chi connectivity index (χ0v) is 8.73. The fraction of sp³-hybridized carbons (Fsp3) is 0.400. The normalized spacial score (nSPS) is 12.1. The van der Waals surface area contributed by atoms with Crippen LogP contribution in [0.5, 0.6) is 0 Å². The van der Waals surface area contributed by atoms with Crippen LogP contribution in [0.4, 0.5) is 5.82 Å². The molecule has 0 fully saturated rings. The molecule has 0 radical (unpaired) electrons. The van der Waals surface area contributed by atoms with Crippen LogP contribution in [0, 0.1) is 5.92 Å². The summed E-state index contributed by atoms with van der Waals surface area (Å²) in [5.41, 5.74) is 0. The Balaban J connectivity index is 2.80. The second kappa shape index (κ2) is 4.63. The maximum absolute atomic E-state index is 11.7. The van der Waals surface area contributed by atoms with Crippen molar-refractivity contribution >= 4 is 17.7 Å². The van der Waals surface area contributed by atoms with Gasteiger partial charge in [0.15, 0.2) is 0 Å². The number of carboxylic acid groups (broad SMARTS) is 1. The fourth-order valence-corrected chi connectivity index (χ4v) is 1.34. The fourth-order valence-electron chi connectivity index (χ4n) is 1.34. The number of aliphatic carboxylic acids is 1. The highest BCUT2D eigenvalue weighted by Gasteiger charge is 2.27. The third kappa shape index (κ3) is 2.37. The second-order valence-electron chi connectivity index (χ2n) is 3.25. The molecule has 0 spiro atoms. The van der Waals surface area contributed by atoms with E-state index in [0.29, 0.717) is 12.2 Å². The van der Waals surface area contributed by atoms with E-state index in [9.17, 15) is 9.59 Å². The molecule has 1 aromatic heterocycles. The van der Waals surface area contributed by atoms with Crippen LogP contribution >= 0.6 is 0 Å². The minimum absolute atomic E-state index is 0.291. The van der Waals surface area contributed by atoms with Crippen LogP contribution in [0.25, 0.3) is 0 Å². The monoisotopic (exact) mass is 210 g/mol. The van der Waals surface area contributed by atoms with Crippen LogP contribution < -0.4 is 4.90 Å². The lowest BCUT2D eigenvalue weighted by Crippen LogP contribution is -2.36. The molecule has 0 saturated carbocycles. The minimum Gasteiger partial charge on any atom is -0.481 e. The average molecular weight is 210 g/mol. The second-order valence-corrected chi connectivity index (χ2v) is 3.25. The van der Waals surface area contributed by atoms with Crippen LogP contribution in [0.15, 0.2) is 18.3 Å². The molecule has 1 heterocycles. The van der Waals surface area contributed by atoms with Gasteiger partial charge >= 0.3 is 5.97 Å². The van der Waals surface area contributed by atoms with E-state index < -0.39 is 17.8 Å². The molecule has 0 aromatic carbocycles. The first-order valence-electron chi connectivity index (χ1n) is 4.71. The van der Waals surface area contributed by atoms with Gasteiger partial charge in [-0.25, -0.2) is 0 Å². The van der Waals surface area contributed by atoms with Gasteiger partial charge in [-0.2, -0.15) is 0 Å². The van der Waals surface area contributed by atoms with Crippen molar-refractivity contribution in [2.75, 3.05) is 11.9 Å². The predicted molar refractivity (Wildman–Crippen MR) is 55.6 cm³/mol. The number of H-pyrrole nitrogens is 1.